The number of fused-ring (bicyclic) bond motifs is 1. The summed E-state index contributed by atoms with van der Waals surface area (Å²) < 4.78 is 5.20. The molecule has 2 aromatic carbocycles. The van der Waals surface area contributed by atoms with Crippen molar-refractivity contribution in [3.63, 3.8) is 0 Å². The van der Waals surface area contributed by atoms with Crippen molar-refractivity contribution in [2.75, 3.05) is 11.9 Å². The van der Waals surface area contributed by atoms with Crippen LogP contribution in [-0.4, -0.2) is 35.4 Å². The highest BCUT2D eigenvalue weighted by Gasteiger charge is 2.24. The Kier molecular flexibility index (Phi) is 6.51. The second kappa shape index (κ2) is 9.26. The average molecular weight is 407 g/mol. The number of nitrogens with one attached hydrogen (secondary N) is 3. The van der Waals surface area contributed by atoms with Gasteiger partial charge < -0.3 is 20.4 Å². The number of para-hydroxylation sites is 2. The number of benzene rings is 2. The highest BCUT2D eigenvalue weighted by Crippen LogP contribution is 2.20. The first-order chi connectivity index (χ1) is 14.3. The van der Waals surface area contributed by atoms with E-state index in [1.165, 1.54) is 6.92 Å². The number of esters is 1. The molecule has 7 nitrogen and oxygen atoms in total. The van der Waals surface area contributed by atoms with Gasteiger partial charge in [0.25, 0.3) is 5.91 Å². The Morgan fingerprint density at radius 1 is 1.03 bits per heavy atom. The Labute approximate surface area is 174 Å². The predicted molar refractivity (Wildman–Crippen MR) is 115 cm³/mol. The zero-order chi connectivity index (χ0) is 21.7. The number of H-pyrrole nitrogens is 1. The van der Waals surface area contributed by atoms with Gasteiger partial charge in [-0.1, -0.05) is 36.4 Å². The normalized spacial score (nSPS) is 11.7. The molecule has 0 bridgehead atoms. The summed E-state index contributed by atoms with van der Waals surface area (Å²) in [5.74, 6) is -1.45. The first-order valence-electron chi connectivity index (χ1n) is 9.70. The van der Waals surface area contributed by atoms with Crippen LogP contribution < -0.4 is 10.6 Å². The first kappa shape index (κ1) is 21.1. The molecule has 0 saturated carbocycles. The number of carbonyl (C=O) groups excluding carboxylic acids is 3. The fourth-order valence-corrected chi connectivity index (χ4v) is 3.38. The van der Waals surface area contributed by atoms with Crippen LogP contribution in [0.5, 0.6) is 0 Å². The van der Waals surface area contributed by atoms with Crippen molar-refractivity contribution in [2.24, 2.45) is 0 Å². The monoisotopic (exact) mass is 407 g/mol. The number of aryl methyl sites for hydroxylation is 2. The number of rotatable bonds is 7. The molecular weight excluding hydrogens is 382 g/mol. The summed E-state index contributed by atoms with van der Waals surface area (Å²) in [6.45, 7) is 4.69. The van der Waals surface area contributed by atoms with Crippen molar-refractivity contribution in [3.8, 4) is 0 Å². The Morgan fingerprint density at radius 3 is 2.43 bits per heavy atom. The minimum Gasteiger partial charge on any atom is -0.454 e. The molecule has 0 aliphatic carbocycles. The lowest BCUT2D eigenvalue weighted by atomic mass is 10.0. The van der Waals surface area contributed by atoms with Gasteiger partial charge in [-0.05, 0) is 36.6 Å². The SMILES string of the molecule is CC(=O)N[C@@H](Cc1c[nH]c2ccccc12)C(=O)OCC(=O)Nc1c(C)cccc1C. The number of anilines is 1. The number of aromatic amines is 1. The molecule has 0 saturated heterocycles. The van der Waals surface area contributed by atoms with Crippen LogP contribution in [0.4, 0.5) is 5.69 Å². The lowest BCUT2D eigenvalue weighted by molar-refractivity contribution is -0.150. The summed E-state index contributed by atoms with van der Waals surface area (Å²) in [6, 6.07) is 12.5. The van der Waals surface area contributed by atoms with Crippen LogP contribution >= 0.6 is 0 Å². The molecule has 1 heterocycles. The highest BCUT2D eigenvalue weighted by atomic mass is 16.5. The second-order valence-electron chi connectivity index (χ2n) is 7.24. The maximum absolute atomic E-state index is 12.6. The maximum atomic E-state index is 12.6. The summed E-state index contributed by atoms with van der Waals surface area (Å²) in [7, 11) is 0. The van der Waals surface area contributed by atoms with Crippen molar-refractivity contribution in [3.05, 3.63) is 65.4 Å². The summed E-state index contributed by atoms with van der Waals surface area (Å²) in [4.78, 5) is 39.6. The second-order valence-corrected chi connectivity index (χ2v) is 7.24. The zero-order valence-electron chi connectivity index (χ0n) is 17.2. The predicted octanol–water partition coefficient (Wildman–Crippen LogP) is 3.01. The Bertz CT molecular complexity index is 1070. The summed E-state index contributed by atoms with van der Waals surface area (Å²) in [6.07, 6.45) is 2.06. The molecule has 7 heteroatoms. The van der Waals surface area contributed by atoms with E-state index in [2.05, 4.69) is 15.6 Å². The van der Waals surface area contributed by atoms with Gasteiger partial charge in [-0.3, -0.25) is 9.59 Å². The van der Waals surface area contributed by atoms with E-state index < -0.39 is 24.5 Å². The first-order valence-corrected chi connectivity index (χ1v) is 9.70. The summed E-state index contributed by atoms with van der Waals surface area (Å²) >= 11 is 0. The minimum absolute atomic E-state index is 0.251. The Morgan fingerprint density at radius 2 is 1.73 bits per heavy atom. The standard InChI is InChI=1S/C23H25N3O4/c1-14-7-6-8-15(2)22(14)26-21(28)13-30-23(29)20(25-16(3)27)11-17-12-24-19-10-5-4-9-18(17)19/h4-10,12,20,24H,11,13H2,1-3H3,(H,25,27)(H,26,28)/t20-/m0/s1. The highest BCUT2D eigenvalue weighted by molar-refractivity contribution is 5.95. The Hall–Kier alpha value is -3.61. The molecule has 0 aliphatic heterocycles. The van der Waals surface area contributed by atoms with E-state index in [1.807, 2.05) is 56.3 Å². The van der Waals surface area contributed by atoms with E-state index in [0.717, 1.165) is 27.6 Å². The van der Waals surface area contributed by atoms with Gasteiger partial charge in [0.2, 0.25) is 5.91 Å². The number of amides is 2. The number of carbonyl (C=O) groups is 3. The number of aromatic nitrogens is 1. The molecule has 0 fully saturated rings. The van der Waals surface area contributed by atoms with Crippen molar-refractivity contribution >= 4 is 34.4 Å². The number of hydrogen-bond acceptors (Lipinski definition) is 4. The van der Waals surface area contributed by atoms with Crippen LogP contribution in [0.1, 0.15) is 23.6 Å². The lowest BCUT2D eigenvalue weighted by Crippen LogP contribution is -2.43. The average Bonchev–Trinajstić information content (AvgIpc) is 3.11. The Balaban J connectivity index is 1.65. The van der Waals surface area contributed by atoms with Crippen LogP contribution in [0.3, 0.4) is 0 Å². The third-order valence-corrected chi connectivity index (χ3v) is 4.85. The van der Waals surface area contributed by atoms with Crippen LogP contribution in [0, 0.1) is 13.8 Å². The van der Waals surface area contributed by atoms with Gasteiger partial charge in [0, 0.05) is 36.1 Å². The van der Waals surface area contributed by atoms with E-state index in [4.69, 9.17) is 4.74 Å². The molecule has 0 aliphatic rings. The van der Waals surface area contributed by atoms with Gasteiger partial charge in [0.1, 0.15) is 6.04 Å². The number of hydrogen-bond donors (Lipinski definition) is 3. The van der Waals surface area contributed by atoms with Crippen LogP contribution in [0.15, 0.2) is 48.7 Å². The van der Waals surface area contributed by atoms with Crippen molar-refractivity contribution in [1.29, 1.82) is 0 Å². The van der Waals surface area contributed by atoms with Crippen LogP contribution in [0.2, 0.25) is 0 Å². The van der Waals surface area contributed by atoms with Crippen molar-refractivity contribution < 1.29 is 19.1 Å². The van der Waals surface area contributed by atoms with Gasteiger partial charge in [0.15, 0.2) is 6.61 Å². The zero-order valence-corrected chi connectivity index (χ0v) is 17.2. The van der Waals surface area contributed by atoms with E-state index in [1.54, 1.807) is 6.20 Å². The molecule has 0 unspecified atom stereocenters. The fourth-order valence-electron chi connectivity index (χ4n) is 3.38. The molecule has 0 spiro atoms. The van der Waals surface area contributed by atoms with E-state index >= 15 is 0 Å². The van der Waals surface area contributed by atoms with Crippen molar-refractivity contribution in [1.82, 2.24) is 10.3 Å². The molecule has 3 rings (SSSR count). The summed E-state index contributed by atoms with van der Waals surface area (Å²) in [5, 5.41) is 6.36. The molecular formula is C23H25N3O4. The third kappa shape index (κ3) is 5.05. The summed E-state index contributed by atoms with van der Waals surface area (Å²) in [5.41, 5.74) is 4.36. The van der Waals surface area contributed by atoms with Gasteiger partial charge >= 0.3 is 5.97 Å². The maximum Gasteiger partial charge on any atom is 0.329 e. The molecule has 1 aromatic heterocycles. The smallest absolute Gasteiger partial charge is 0.329 e. The quantitative estimate of drug-likeness (QED) is 0.524. The molecule has 0 radical (unpaired) electrons. The molecule has 1 atom stereocenters. The van der Waals surface area contributed by atoms with E-state index in [-0.39, 0.29) is 12.3 Å². The molecule has 3 N–H and O–H groups in total. The molecule has 3 aromatic rings. The number of ether oxygens (including phenoxy) is 1. The lowest BCUT2D eigenvalue weighted by Gasteiger charge is -2.17. The largest absolute Gasteiger partial charge is 0.454 e. The van der Waals surface area contributed by atoms with E-state index in [0.29, 0.717) is 5.69 Å². The minimum atomic E-state index is -0.894. The van der Waals surface area contributed by atoms with Gasteiger partial charge in [-0.25, -0.2) is 4.79 Å². The topological polar surface area (TPSA) is 100 Å². The van der Waals surface area contributed by atoms with Gasteiger partial charge in [-0.2, -0.15) is 0 Å². The van der Waals surface area contributed by atoms with Crippen LogP contribution in [-0.2, 0) is 25.5 Å². The van der Waals surface area contributed by atoms with Crippen LogP contribution in [0.25, 0.3) is 10.9 Å². The van der Waals surface area contributed by atoms with E-state index in [9.17, 15) is 14.4 Å². The molecule has 30 heavy (non-hydrogen) atoms. The van der Waals surface area contributed by atoms with Gasteiger partial charge in [0.05, 0.1) is 0 Å². The third-order valence-electron chi connectivity index (χ3n) is 4.85. The van der Waals surface area contributed by atoms with Crippen molar-refractivity contribution in [2.45, 2.75) is 33.2 Å². The molecule has 156 valence electrons. The van der Waals surface area contributed by atoms with Gasteiger partial charge in [-0.15, -0.1) is 0 Å². The fraction of sp³-hybridized carbons (Fsp3) is 0.261. The molecule has 2 amide bonds.